The maximum Gasteiger partial charge on any atom is 0.433 e. The van der Waals surface area contributed by atoms with E-state index in [0.29, 0.717) is 6.07 Å². The zero-order valence-corrected chi connectivity index (χ0v) is 10.0. The fraction of sp³-hybridized carbons (Fsp3) is 0.182. The van der Waals surface area contributed by atoms with Gasteiger partial charge in [-0.1, -0.05) is 0 Å². The summed E-state index contributed by atoms with van der Waals surface area (Å²) >= 11 is 0. The van der Waals surface area contributed by atoms with Crippen molar-refractivity contribution in [3.63, 3.8) is 0 Å². The second-order valence-electron chi connectivity index (χ2n) is 3.67. The van der Waals surface area contributed by atoms with E-state index in [1.165, 1.54) is 0 Å². The van der Waals surface area contributed by atoms with Crippen molar-refractivity contribution in [2.45, 2.75) is 12.4 Å². The van der Waals surface area contributed by atoms with E-state index in [4.69, 9.17) is 5.41 Å². The van der Waals surface area contributed by atoms with Gasteiger partial charge in [-0.15, -0.1) is 0 Å². The van der Waals surface area contributed by atoms with E-state index < -0.39 is 41.3 Å². The number of carbonyl (C=O) groups is 1. The van der Waals surface area contributed by atoms with E-state index in [9.17, 15) is 31.1 Å². The van der Waals surface area contributed by atoms with E-state index in [1.54, 1.807) is 0 Å². The number of anilines is 1. The fourth-order valence-corrected chi connectivity index (χ4v) is 1.22. The SMILES string of the molecule is N=CC(=CC(F)(F)F)C(=O)Nc1ccnc(C(F)(F)F)c1. The van der Waals surface area contributed by atoms with Gasteiger partial charge in [0.2, 0.25) is 0 Å². The van der Waals surface area contributed by atoms with Crippen LogP contribution in [0.5, 0.6) is 0 Å². The predicted molar refractivity (Wildman–Crippen MR) is 60.8 cm³/mol. The van der Waals surface area contributed by atoms with Gasteiger partial charge in [-0.25, -0.2) is 0 Å². The van der Waals surface area contributed by atoms with Crippen LogP contribution in [0.4, 0.5) is 32.0 Å². The summed E-state index contributed by atoms with van der Waals surface area (Å²) in [4.78, 5) is 14.5. The van der Waals surface area contributed by atoms with Gasteiger partial charge in [0.25, 0.3) is 5.91 Å². The average Bonchev–Trinajstić information content (AvgIpc) is 2.34. The molecule has 114 valence electrons. The van der Waals surface area contributed by atoms with Crippen LogP contribution in [0.1, 0.15) is 5.69 Å². The van der Waals surface area contributed by atoms with Crippen molar-refractivity contribution in [1.82, 2.24) is 4.98 Å². The van der Waals surface area contributed by atoms with Crippen LogP contribution in [-0.2, 0) is 11.0 Å². The van der Waals surface area contributed by atoms with Crippen LogP contribution < -0.4 is 5.32 Å². The summed E-state index contributed by atoms with van der Waals surface area (Å²) in [6.45, 7) is 0. The van der Waals surface area contributed by atoms with Crippen molar-refractivity contribution in [2.75, 3.05) is 5.32 Å². The van der Waals surface area contributed by atoms with Crippen molar-refractivity contribution >= 4 is 17.8 Å². The lowest BCUT2D eigenvalue weighted by molar-refractivity contribution is -0.141. The predicted octanol–water partition coefficient (Wildman–Crippen LogP) is 3.18. The Morgan fingerprint density at radius 2 is 1.86 bits per heavy atom. The van der Waals surface area contributed by atoms with Crippen molar-refractivity contribution in [3.05, 3.63) is 35.7 Å². The van der Waals surface area contributed by atoms with Crippen molar-refractivity contribution in [1.29, 1.82) is 5.41 Å². The molecule has 0 unspecified atom stereocenters. The third-order valence-corrected chi connectivity index (χ3v) is 2.05. The summed E-state index contributed by atoms with van der Waals surface area (Å²) in [6.07, 6.45) is -9.13. The van der Waals surface area contributed by atoms with Crippen molar-refractivity contribution in [2.24, 2.45) is 0 Å². The molecule has 0 spiro atoms. The Morgan fingerprint density at radius 3 is 2.33 bits per heavy atom. The molecule has 2 N–H and O–H groups in total. The molecular formula is C11H7F6N3O. The minimum absolute atomic E-state index is 0.148. The number of halogens is 6. The lowest BCUT2D eigenvalue weighted by atomic mass is 10.2. The molecule has 1 aromatic rings. The Morgan fingerprint density at radius 1 is 1.24 bits per heavy atom. The quantitative estimate of drug-likeness (QED) is 0.511. The Balaban J connectivity index is 2.98. The molecule has 1 heterocycles. The molecule has 0 fully saturated rings. The summed E-state index contributed by atoms with van der Waals surface area (Å²) in [7, 11) is 0. The molecule has 0 aliphatic carbocycles. The highest BCUT2D eigenvalue weighted by atomic mass is 19.4. The minimum Gasteiger partial charge on any atom is -0.322 e. The van der Waals surface area contributed by atoms with E-state index >= 15 is 0 Å². The number of hydrogen-bond donors (Lipinski definition) is 2. The van der Waals surface area contributed by atoms with Gasteiger partial charge in [0.1, 0.15) is 5.69 Å². The second-order valence-corrected chi connectivity index (χ2v) is 3.67. The highest BCUT2D eigenvalue weighted by Gasteiger charge is 2.32. The first-order valence-electron chi connectivity index (χ1n) is 5.17. The first kappa shape index (κ1) is 16.7. The zero-order chi connectivity index (χ0) is 16.3. The van der Waals surface area contributed by atoms with Crippen LogP contribution in [0.3, 0.4) is 0 Å². The number of alkyl halides is 6. The summed E-state index contributed by atoms with van der Waals surface area (Å²) in [6, 6.07) is 1.44. The lowest BCUT2D eigenvalue weighted by Gasteiger charge is -2.09. The van der Waals surface area contributed by atoms with Crippen LogP contribution in [-0.4, -0.2) is 23.3 Å². The molecule has 0 radical (unpaired) electrons. The van der Waals surface area contributed by atoms with Crippen molar-refractivity contribution in [3.8, 4) is 0 Å². The molecule has 0 aliphatic rings. The van der Waals surface area contributed by atoms with E-state index in [2.05, 4.69) is 4.98 Å². The number of allylic oxidation sites excluding steroid dienone is 1. The molecule has 0 aliphatic heterocycles. The van der Waals surface area contributed by atoms with Crippen molar-refractivity contribution < 1.29 is 31.1 Å². The molecule has 4 nitrogen and oxygen atoms in total. The molecule has 0 aromatic carbocycles. The molecule has 10 heteroatoms. The lowest BCUT2D eigenvalue weighted by Crippen LogP contribution is -2.18. The molecule has 1 rings (SSSR count). The zero-order valence-electron chi connectivity index (χ0n) is 10.0. The molecule has 0 saturated heterocycles. The summed E-state index contributed by atoms with van der Waals surface area (Å²) < 4.78 is 73.4. The number of pyridine rings is 1. The van der Waals surface area contributed by atoms with Gasteiger partial charge in [0.05, 0.1) is 5.57 Å². The normalized spacial score (nSPS) is 13.0. The average molecular weight is 311 g/mol. The highest BCUT2D eigenvalue weighted by molar-refractivity contribution is 6.17. The van der Waals surface area contributed by atoms with Gasteiger partial charge in [0, 0.05) is 24.2 Å². The number of nitrogens with one attached hydrogen (secondary N) is 2. The van der Waals surface area contributed by atoms with Crippen LogP contribution >= 0.6 is 0 Å². The second kappa shape index (κ2) is 5.94. The van der Waals surface area contributed by atoms with Crippen LogP contribution in [0, 0.1) is 5.41 Å². The highest BCUT2D eigenvalue weighted by Crippen LogP contribution is 2.29. The fourth-order valence-electron chi connectivity index (χ4n) is 1.22. The third kappa shape index (κ3) is 5.24. The van der Waals surface area contributed by atoms with Gasteiger partial charge in [0.15, 0.2) is 0 Å². The Bertz CT molecular complexity index is 576. The maximum atomic E-state index is 12.4. The summed E-state index contributed by atoms with van der Waals surface area (Å²) in [5.74, 6) is -1.36. The summed E-state index contributed by atoms with van der Waals surface area (Å²) in [5, 5.41) is 8.56. The largest absolute Gasteiger partial charge is 0.433 e. The molecule has 1 aromatic heterocycles. The maximum absolute atomic E-state index is 12.4. The first-order valence-corrected chi connectivity index (χ1v) is 5.17. The topological polar surface area (TPSA) is 65.8 Å². The van der Waals surface area contributed by atoms with Gasteiger partial charge < -0.3 is 10.7 Å². The molecule has 0 saturated carbocycles. The smallest absolute Gasteiger partial charge is 0.322 e. The Hall–Kier alpha value is -2.39. The van der Waals surface area contributed by atoms with Crippen LogP contribution in [0.2, 0.25) is 0 Å². The number of nitrogens with zero attached hydrogens (tertiary/aromatic N) is 1. The number of amides is 1. The molecule has 0 atom stereocenters. The molecule has 1 amide bonds. The minimum atomic E-state index is -4.83. The monoisotopic (exact) mass is 311 g/mol. The summed E-state index contributed by atoms with van der Waals surface area (Å²) in [5.41, 5.74) is -2.75. The number of hydrogen-bond acceptors (Lipinski definition) is 3. The van der Waals surface area contributed by atoms with Crippen LogP contribution in [0.15, 0.2) is 30.0 Å². The number of aromatic nitrogens is 1. The van der Waals surface area contributed by atoms with Crippen LogP contribution in [0.25, 0.3) is 0 Å². The third-order valence-electron chi connectivity index (χ3n) is 2.05. The van der Waals surface area contributed by atoms with E-state index in [-0.39, 0.29) is 6.21 Å². The van der Waals surface area contributed by atoms with Gasteiger partial charge in [-0.05, 0) is 12.1 Å². The number of rotatable bonds is 3. The Kier molecular flexibility index (Phi) is 4.71. The van der Waals surface area contributed by atoms with Gasteiger partial charge in [-0.3, -0.25) is 9.78 Å². The standard InChI is InChI=1S/C11H7F6N3O/c12-10(13,14)4-6(5-18)9(21)20-7-1-2-19-8(3-7)11(15,16)17/h1-5,18H,(H,19,20,21). The Labute approximate surface area is 114 Å². The van der Waals surface area contributed by atoms with Gasteiger partial charge >= 0.3 is 12.4 Å². The molecule has 0 bridgehead atoms. The first-order chi connectivity index (χ1) is 9.53. The number of carbonyl (C=O) groups excluding carboxylic acids is 1. The van der Waals surface area contributed by atoms with Gasteiger partial charge in [-0.2, -0.15) is 26.3 Å². The molecular weight excluding hydrogens is 304 g/mol. The van der Waals surface area contributed by atoms with E-state index in [1.807, 2.05) is 5.32 Å². The van der Waals surface area contributed by atoms with E-state index in [0.717, 1.165) is 12.3 Å². The molecule has 21 heavy (non-hydrogen) atoms.